The maximum Gasteiger partial charge on any atom is 0.350 e. The van der Waals surface area contributed by atoms with E-state index in [1.54, 1.807) is 6.07 Å². The third-order valence-electron chi connectivity index (χ3n) is 3.04. The molecule has 11 heteroatoms. The molecule has 1 aromatic carbocycles. The molecule has 11 nitrogen and oxygen atoms in total. The van der Waals surface area contributed by atoms with Gasteiger partial charge in [0.15, 0.2) is 0 Å². The van der Waals surface area contributed by atoms with Crippen molar-refractivity contribution in [3.8, 4) is 5.88 Å². The van der Waals surface area contributed by atoms with Crippen molar-refractivity contribution in [1.82, 2.24) is 9.78 Å². The van der Waals surface area contributed by atoms with Crippen LogP contribution in [-0.2, 0) is 11.3 Å². The maximum absolute atomic E-state index is 11.9. The van der Waals surface area contributed by atoms with Gasteiger partial charge in [-0.15, -0.1) is 5.10 Å². The molecule has 126 valence electrons. The second kappa shape index (κ2) is 7.17. The SMILES string of the molecule is COc1nn(CCC(=O)Nc2ccccc2[N+](=O)[O-])cc1[N+](=O)[O-]. The van der Waals surface area contributed by atoms with Crippen LogP contribution in [0.3, 0.4) is 0 Å². The maximum atomic E-state index is 11.9. The molecule has 2 aromatic rings. The summed E-state index contributed by atoms with van der Waals surface area (Å²) in [6.45, 7) is 0.0522. The van der Waals surface area contributed by atoms with Gasteiger partial charge < -0.3 is 10.1 Å². The Hall–Kier alpha value is -3.50. The minimum Gasteiger partial charge on any atom is -0.475 e. The third-order valence-corrected chi connectivity index (χ3v) is 3.04. The number of hydrogen-bond acceptors (Lipinski definition) is 7. The summed E-state index contributed by atoms with van der Waals surface area (Å²) in [5.74, 6) is -0.638. The number of ether oxygens (including phenoxy) is 1. The summed E-state index contributed by atoms with van der Waals surface area (Å²) in [6, 6.07) is 5.74. The van der Waals surface area contributed by atoms with Crippen molar-refractivity contribution in [3.05, 3.63) is 50.7 Å². The number of nitrogens with one attached hydrogen (secondary N) is 1. The van der Waals surface area contributed by atoms with E-state index in [1.807, 2.05) is 0 Å². The predicted octanol–water partition coefficient (Wildman–Crippen LogP) is 1.74. The van der Waals surface area contributed by atoms with Gasteiger partial charge in [0.05, 0.1) is 23.5 Å². The summed E-state index contributed by atoms with van der Waals surface area (Å²) < 4.78 is 5.99. The van der Waals surface area contributed by atoms with E-state index < -0.39 is 15.8 Å². The number of carbonyl (C=O) groups excluding carboxylic acids is 1. The largest absolute Gasteiger partial charge is 0.475 e. The van der Waals surface area contributed by atoms with Crippen LogP contribution in [0.15, 0.2) is 30.5 Å². The molecule has 0 aliphatic carbocycles. The van der Waals surface area contributed by atoms with Crippen LogP contribution in [0, 0.1) is 20.2 Å². The number of benzene rings is 1. The van der Waals surface area contributed by atoms with Crippen LogP contribution in [0.5, 0.6) is 5.88 Å². The molecule has 0 atom stereocenters. The Bertz CT molecular complexity index is 787. The van der Waals surface area contributed by atoms with Crippen LogP contribution >= 0.6 is 0 Å². The average Bonchev–Trinajstić information content (AvgIpc) is 2.97. The summed E-state index contributed by atoms with van der Waals surface area (Å²) in [7, 11) is 1.25. The molecule has 0 saturated carbocycles. The molecule has 0 saturated heterocycles. The summed E-state index contributed by atoms with van der Waals surface area (Å²) >= 11 is 0. The molecular weight excluding hydrogens is 322 g/mol. The molecule has 1 N–H and O–H groups in total. The quantitative estimate of drug-likeness (QED) is 0.599. The van der Waals surface area contributed by atoms with Crippen LogP contribution in [-0.4, -0.2) is 32.6 Å². The number of aromatic nitrogens is 2. The summed E-state index contributed by atoms with van der Waals surface area (Å²) in [4.78, 5) is 32.4. The summed E-state index contributed by atoms with van der Waals surface area (Å²) in [5.41, 5.74) is -0.449. The van der Waals surface area contributed by atoms with Crippen molar-refractivity contribution in [2.24, 2.45) is 0 Å². The third kappa shape index (κ3) is 3.82. The first-order valence-corrected chi connectivity index (χ1v) is 6.71. The minimum atomic E-state index is -0.643. The molecule has 0 radical (unpaired) electrons. The zero-order valence-corrected chi connectivity index (χ0v) is 12.5. The fraction of sp³-hybridized carbons (Fsp3) is 0.231. The van der Waals surface area contributed by atoms with Gasteiger partial charge in [-0.3, -0.25) is 29.7 Å². The molecule has 0 aliphatic heterocycles. The van der Waals surface area contributed by atoms with Crippen molar-refractivity contribution in [2.75, 3.05) is 12.4 Å². The Labute approximate surface area is 135 Å². The van der Waals surface area contributed by atoms with Gasteiger partial charge in [0.25, 0.3) is 5.69 Å². The highest BCUT2D eigenvalue weighted by Gasteiger charge is 2.20. The van der Waals surface area contributed by atoms with Crippen LogP contribution < -0.4 is 10.1 Å². The van der Waals surface area contributed by atoms with Crippen molar-refractivity contribution < 1.29 is 19.4 Å². The van der Waals surface area contributed by atoms with Crippen molar-refractivity contribution in [1.29, 1.82) is 0 Å². The fourth-order valence-corrected chi connectivity index (χ4v) is 1.95. The second-order valence-electron chi connectivity index (χ2n) is 4.62. The molecule has 1 heterocycles. The highest BCUT2D eigenvalue weighted by Crippen LogP contribution is 2.25. The number of para-hydroxylation sites is 2. The van der Waals surface area contributed by atoms with Crippen molar-refractivity contribution >= 4 is 23.0 Å². The number of anilines is 1. The van der Waals surface area contributed by atoms with E-state index >= 15 is 0 Å². The Balaban J connectivity index is 2.02. The molecule has 2 rings (SSSR count). The molecule has 0 aliphatic rings. The molecular formula is C13H13N5O6. The van der Waals surface area contributed by atoms with Gasteiger partial charge in [0.2, 0.25) is 5.91 Å². The summed E-state index contributed by atoms with van der Waals surface area (Å²) in [5, 5.41) is 28.0. The molecule has 0 fully saturated rings. The number of nitro benzene ring substituents is 1. The van der Waals surface area contributed by atoms with E-state index in [4.69, 9.17) is 4.74 Å². The zero-order chi connectivity index (χ0) is 17.7. The number of carbonyl (C=O) groups is 1. The predicted molar refractivity (Wildman–Crippen MR) is 81.8 cm³/mol. The Morgan fingerprint density at radius 3 is 2.50 bits per heavy atom. The number of amides is 1. The first kappa shape index (κ1) is 16.9. The lowest BCUT2D eigenvalue weighted by molar-refractivity contribution is -0.385. The lowest BCUT2D eigenvalue weighted by atomic mass is 10.2. The van der Waals surface area contributed by atoms with Gasteiger partial charge in [-0.2, -0.15) is 0 Å². The molecule has 1 aromatic heterocycles. The molecule has 24 heavy (non-hydrogen) atoms. The van der Waals surface area contributed by atoms with E-state index in [0.29, 0.717) is 0 Å². The van der Waals surface area contributed by atoms with Gasteiger partial charge in [-0.25, -0.2) is 0 Å². The van der Waals surface area contributed by atoms with Gasteiger partial charge >= 0.3 is 11.6 Å². The first-order chi connectivity index (χ1) is 11.4. The Morgan fingerprint density at radius 2 is 1.92 bits per heavy atom. The molecule has 0 spiro atoms. The normalized spacial score (nSPS) is 10.2. The fourth-order valence-electron chi connectivity index (χ4n) is 1.95. The van der Waals surface area contributed by atoms with Crippen LogP contribution in [0.1, 0.15) is 6.42 Å². The van der Waals surface area contributed by atoms with E-state index in [0.717, 1.165) is 6.20 Å². The standard InChI is InChI=1S/C13H13N5O6/c1-24-13-11(18(22)23)8-16(15-13)7-6-12(19)14-9-4-2-3-5-10(9)17(20)21/h2-5,8H,6-7H2,1H3,(H,14,19). The highest BCUT2D eigenvalue weighted by molar-refractivity contribution is 5.92. The molecule has 0 unspecified atom stereocenters. The topological polar surface area (TPSA) is 142 Å². The van der Waals surface area contributed by atoms with Gasteiger partial charge in [0, 0.05) is 12.5 Å². The Kier molecular flexibility index (Phi) is 5.04. The minimum absolute atomic E-state index is 0.0522. The van der Waals surface area contributed by atoms with E-state index in [9.17, 15) is 25.0 Å². The number of nitro groups is 2. The van der Waals surface area contributed by atoms with E-state index in [2.05, 4.69) is 10.4 Å². The average molecular weight is 335 g/mol. The lowest BCUT2D eigenvalue weighted by Crippen LogP contribution is -2.15. The second-order valence-corrected chi connectivity index (χ2v) is 4.62. The highest BCUT2D eigenvalue weighted by atomic mass is 16.6. The van der Waals surface area contributed by atoms with Crippen LogP contribution in [0.25, 0.3) is 0 Å². The van der Waals surface area contributed by atoms with Gasteiger partial charge in [-0.1, -0.05) is 12.1 Å². The number of methoxy groups -OCH3 is 1. The lowest BCUT2D eigenvalue weighted by Gasteiger charge is -2.05. The van der Waals surface area contributed by atoms with Gasteiger partial charge in [-0.05, 0) is 6.07 Å². The van der Waals surface area contributed by atoms with Crippen LogP contribution in [0.2, 0.25) is 0 Å². The van der Waals surface area contributed by atoms with Gasteiger partial charge in [0.1, 0.15) is 11.9 Å². The van der Waals surface area contributed by atoms with Crippen molar-refractivity contribution in [3.63, 3.8) is 0 Å². The first-order valence-electron chi connectivity index (χ1n) is 6.71. The number of nitrogens with zero attached hydrogens (tertiary/aromatic N) is 4. The zero-order valence-electron chi connectivity index (χ0n) is 12.5. The molecule has 1 amide bonds. The number of rotatable bonds is 7. The van der Waals surface area contributed by atoms with Crippen LogP contribution in [0.4, 0.5) is 17.1 Å². The number of hydrogen-bond donors (Lipinski definition) is 1. The van der Waals surface area contributed by atoms with E-state index in [-0.39, 0.29) is 35.9 Å². The van der Waals surface area contributed by atoms with Crippen molar-refractivity contribution in [2.45, 2.75) is 13.0 Å². The van der Waals surface area contributed by atoms with E-state index in [1.165, 1.54) is 30.0 Å². The molecule has 0 bridgehead atoms. The smallest absolute Gasteiger partial charge is 0.350 e. The summed E-state index contributed by atoms with van der Waals surface area (Å²) in [6.07, 6.45) is 1.07. The Morgan fingerprint density at radius 1 is 1.25 bits per heavy atom. The number of aryl methyl sites for hydroxylation is 1. The monoisotopic (exact) mass is 335 g/mol.